The average molecular weight is 429 g/mol. The first kappa shape index (κ1) is 20.2. The lowest BCUT2D eigenvalue weighted by atomic mass is 10.1. The molecule has 2 aliphatic rings. The highest BCUT2D eigenvalue weighted by Crippen LogP contribution is 2.37. The summed E-state index contributed by atoms with van der Waals surface area (Å²) < 4.78 is 5.55. The Morgan fingerprint density at radius 2 is 1.84 bits per heavy atom. The Bertz CT molecular complexity index is 1210. The van der Waals surface area contributed by atoms with Gasteiger partial charge in [-0.2, -0.15) is 0 Å². The third kappa shape index (κ3) is 3.71. The Kier molecular flexibility index (Phi) is 5.33. The highest BCUT2D eigenvalue weighted by atomic mass is 16.5. The van der Waals surface area contributed by atoms with Crippen LogP contribution in [0.15, 0.2) is 60.7 Å². The first-order valence-corrected chi connectivity index (χ1v) is 10.7. The molecular weight excluding hydrogens is 406 g/mol. The lowest BCUT2D eigenvalue weighted by Gasteiger charge is -2.18. The van der Waals surface area contributed by atoms with Crippen LogP contribution in [0.25, 0.3) is 10.8 Å². The number of ether oxygens (including phenoxy) is 1. The molecule has 1 atom stereocenters. The van der Waals surface area contributed by atoms with Crippen LogP contribution in [0, 0.1) is 0 Å². The van der Waals surface area contributed by atoms with Crippen LogP contribution < -0.4 is 15.5 Å². The Balaban J connectivity index is 1.30. The Morgan fingerprint density at radius 1 is 1.03 bits per heavy atom. The van der Waals surface area contributed by atoms with Crippen molar-refractivity contribution in [1.82, 2.24) is 5.32 Å². The van der Waals surface area contributed by atoms with Gasteiger partial charge in [0.1, 0.15) is 6.54 Å². The zero-order valence-electron chi connectivity index (χ0n) is 17.5. The van der Waals surface area contributed by atoms with E-state index in [1.807, 2.05) is 30.3 Å². The summed E-state index contributed by atoms with van der Waals surface area (Å²) in [5.74, 6) is -0.845. The Morgan fingerprint density at radius 3 is 2.66 bits per heavy atom. The summed E-state index contributed by atoms with van der Waals surface area (Å²) in [4.78, 5) is 40.0. The van der Waals surface area contributed by atoms with E-state index in [-0.39, 0.29) is 30.4 Å². The normalized spacial score (nSPS) is 17.1. The molecule has 0 aromatic heterocycles. The number of benzene rings is 3. The van der Waals surface area contributed by atoms with Crippen molar-refractivity contribution in [3.05, 3.63) is 71.8 Å². The molecule has 0 radical (unpaired) electrons. The van der Waals surface area contributed by atoms with Gasteiger partial charge in [-0.1, -0.05) is 36.4 Å². The lowest BCUT2D eigenvalue weighted by Crippen LogP contribution is -2.36. The molecule has 1 fully saturated rings. The van der Waals surface area contributed by atoms with Crippen LogP contribution in [0.4, 0.5) is 11.4 Å². The number of amides is 3. The number of hydrogen-bond acceptors (Lipinski definition) is 4. The molecule has 162 valence electrons. The van der Waals surface area contributed by atoms with E-state index in [0.29, 0.717) is 23.4 Å². The molecule has 7 nitrogen and oxygen atoms in total. The third-order valence-corrected chi connectivity index (χ3v) is 5.91. The molecule has 7 heteroatoms. The maximum absolute atomic E-state index is 12.9. The van der Waals surface area contributed by atoms with Crippen molar-refractivity contribution in [1.29, 1.82) is 0 Å². The molecule has 2 N–H and O–H groups in total. The van der Waals surface area contributed by atoms with E-state index in [0.717, 1.165) is 35.9 Å². The van der Waals surface area contributed by atoms with Crippen molar-refractivity contribution >= 4 is 39.9 Å². The SMILES string of the molecule is O=C(CN1C(=O)c2cccc3cccc1c23)Nc1ccccc1C(=O)NC[C@@H]1CCCO1. The van der Waals surface area contributed by atoms with Crippen LogP contribution in [0.3, 0.4) is 0 Å². The minimum atomic E-state index is -0.373. The maximum Gasteiger partial charge on any atom is 0.259 e. The van der Waals surface area contributed by atoms with E-state index in [9.17, 15) is 14.4 Å². The van der Waals surface area contributed by atoms with Crippen molar-refractivity contribution in [2.45, 2.75) is 18.9 Å². The molecular formula is C25H23N3O4. The molecule has 0 spiro atoms. The van der Waals surface area contributed by atoms with E-state index < -0.39 is 0 Å². The molecule has 3 amide bonds. The first-order valence-electron chi connectivity index (χ1n) is 10.7. The van der Waals surface area contributed by atoms with Crippen molar-refractivity contribution in [2.75, 3.05) is 29.9 Å². The van der Waals surface area contributed by atoms with Crippen molar-refractivity contribution < 1.29 is 19.1 Å². The highest BCUT2D eigenvalue weighted by Gasteiger charge is 2.31. The van der Waals surface area contributed by atoms with Gasteiger partial charge in [-0.15, -0.1) is 0 Å². The van der Waals surface area contributed by atoms with Gasteiger partial charge in [-0.25, -0.2) is 0 Å². The standard InChI is InChI=1S/C25H23N3O4/c29-22(15-28-21-12-4-7-16-6-3-10-19(23(16)21)25(28)31)27-20-11-2-1-9-18(20)24(30)26-14-17-8-5-13-32-17/h1-4,6-7,9-12,17H,5,8,13-15H2,(H,26,30)(H,27,29)/t17-/m0/s1. The molecule has 3 aromatic rings. The molecule has 32 heavy (non-hydrogen) atoms. The van der Waals surface area contributed by atoms with Gasteiger partial charge in [-0.05, 0) is 42.5 Å². The second-order valence-corrected chi connectivity index (χ2v) is 8.01. The van der Waals surface area contributed by atoms with Gasteiger partial charge in [0.25, 0.3) is 11.8 Å². The van der Waals surface area contributed by atoms with Gasteiger partial charge >= 0.3 is 0 Å². The number of hydrogen-bond donors (Lipinski definition) is 2. The van der Waals surface area contributed by atoms with Crippen LogP contribution in [0.5, 0.6) is 0 Å². The second-order valence-electron chi connectivity index (χ2n) is 8.01. The lowest BCUT2D eigenvalue weighted by molar-refractivity contribution is -0.114. The van der Waals surface area contributed by atoms with Crippen molar-refractivity contribution in [3.63, 3.8) is 0 Å². The Labute approximate surface area is 185 Å². The maximum atomic E-state index is 12.9. The Hall–Kier alpha value is -3.71. The quantitative estimate of drug-likeness (QED) is 0.629. The van der Waals surface area contributed by atoms with Gasteiger partial charge in [0.05, 0.1) is 23.0 Å². The van der Waals surface area contributed by atoms with Gasteiger partial charge in [0.2, 0.25) is 5.91 Å². The fourth-order valence-electron chi connectivity index (χ4n) is 4.37. The number of rotatable bonds is 6. The minimum absolute atomic E-state index is 0.0335. The van der Waals surface area contributed by atoms with Crippen molar-refractivity contribution in [2.24, 2.45) is 0 Å². The average Bonchev–Trinajstić information content (AvgIpc) is 3.42. The number of anilines is 2. The van der Waals surface area contributed by atoms with E-state index in [2.05, 4.69) is 10.6 Å². The van der Waals surface area contributed by atoms with E-state index in [4.69, 9.17) is 4.74 Å². The summed E-state index contributed by atoms with van der Waals surface area (Å²) in [6.07, 6.45) is 1.96. The van der Waals surface area contributed by atoms with E-state index >= 15 is 0 Å². The molecule has 5 rings (SSSR count). The van der Waals surface area contributed by atoms with Crippen LogP contribution in [-0.2, 0) is 9.53 Å². The largest absolute Gasteiger partial charge is 0.376 e. The number of carbonyl (C=O) groups is 3. The van der Waals surface area contributed by atoms with Crippen LogP contribution >= 0.6 is 0 Å². The molecule has 0 bridgehead atoms. The van der Waals surface area contributed by atoms with Crippen molar-refractivity contribution in [3.8, 4) is 0 Å². The molecule has 2 aliphatic heterocycles. The summed E-state index contributed by atoms with van der Waals surface area (Å²) in [6.45, 7) is 1.02. The summed E-state index contributed by atoms with van der Waals surface area (Å²) >= 11 is 0. The van der Waals surface area contributed by atoms with Gasteiger partial charge < -0.3 is 15.4 Å². The first-order chi connectivity index (χ1) is 15.6. The second kappa shape index (κ2) is 8.43. The molecule has 0 saturated carbocycles. The summed E-state index contributed by atoms with van der Waals surface area (Å²) in [5.41, 5.74) is 2.10. The monoisotopic (exact) mass is 429 g/mol. The van der Waals surface area contributed by atoms with Gasteiger partial charge in [0.15, 0.2) is 0 Å². The number of para-hydroxylation sites is 1. The summed E-state index contributed by atoms with van der Waals surface area (Å²) in [7, 11) is 0. The van der Waals surface area contributed by atoms with Gasteiger partial charge in [0, 0.05) is 24.1 Å². The molecule has 0 aliphatic carbocycles. The highest BCUT2D eigenvalue weighted by molar-refractivity contribution is 6.26. The van der Waals surface area contributed by atoms with Gasteiger partial charge in [-0.3, -0.25) is 19.3 Å². The third-order valence-electron chi connectivity index (χ3n) is 5.91. The number of carbonyl (C=O) groups excluding carboxylic acids is 3. The molecule has 0 unspecified atom stereocenters. The minimum Gasteiger partial charge on any atom is -0.376 e. The topological polar surface area (TPSA) is 87.7 Å². The summed E-state index contributed by atoms with van der Waals surface area (Å²) in [6, 6.07) is 18.1. The fraction of sp³-hybridized carbons (Fsp3) is 0.240. The predicted octanol–water partition coefficient (Wildman–Crippen LogP) is 3.35. The fourth-order valence-corrected chi connectivity index (χ4v) is 4.37. The van der Waals surface area contributed by atoms with E-state index in [1.54, 1.807) is 30.3 Å². The number of nitrogens with zero attached hydrogens (tertiary/aromatic N) is 1. The van der Waals surface area contributed by atoms with Crippen LogP contribution in [0.1, 0.15) is 33.6 Å². The van der Waals surface area contributed by atoms with Crippen LogP contribution in [0.2, 0.25) is 0 Å². The van der Waals surface area contributed by atoms with Crippen LogP contribution in [-0.4, -0.2) is 43.5 Å². The zero-order chi connectivity index (χ0) is 22.1. The van der Waals surface area contributed by atoms with E-state index in [1.165, 1.54) is 4.90 Å². The summed E-state index contributed by atoms with van der Waals surface area (Å²) in [5, 5.41) is 7.51. The number of nitrogens with one attached hydrogen (secondary N) is 2. The predicted molar refractivity (Wildman–Crippen MR) is 122 cm³/mol. The molecule has 2 heterocycles. The zero-order valence-corrected chi connectivity index (χ0v) is 17.5. The smallest absolute Gasteiger partial charge is 0.259 e. The molecule has 3 aromatic carbocycles. The molecule has 1 saturated heterocycles.